The Kier molecular flexibility index (Phi) is 6.19. The summed E-state index contributed by atoms with van der Waals surface area (Å²) in [6.07, 6.45) is 0. The van der Waals surface area contributed by atoms with Crippen LogP contribution in [-0.2, 0) is 4.74 Å². The first-order valence-corrected chi connectivity index (χ1v) is 9.23. The van der Waals surface area contributed by atoms with Gasteiger partial charge < -0.3 is 15.4 Å². The molecule has 0 spiro atoms. The van der Waals surface area contributed by atoms with E-state index in [-0.39, 0.29) is 5.78 Å². The molecule has 0 saturated heterocycles. The van der Waals surface area contributed by atoms with E-state index in [1.54, 1.807) is 50.2 Å². The van der Waals surface area contributed by atoms with E-state index in [4.69, 9.17) is 4.74 Å². The molecule has 0 fully saturated rings. The van der Waals surface area contributed by atoms with Crippen molar-refractivity contribution in [2.24, 2.45) is 0 Å². The van der Waals surface area contributed by atoms with Gasteiger partial charge in [0.25, 0.3) is 0 Å². The lowest BCUT2D eigenvalue weighted by molar-refractivity contribution is 0.0527. The molecule has 0 aliphatic heterocycles. The summed E-state index contributed by atoms with van der Waals surface area (Å²) in [7, 11) is 0. The zero-order valence-electron chi connectivity index (χ0n) is 16.5. The topological polar surface area (TPSA) is 93.2 Å². The van der Waals surface area contributed by atoms with Crippen molar-refractivity contribution in [1.29, 1.82) is 0 Å². The highest BCUT2D eigenvalue weighted by molar-refractivity contribution is 5.96. The normalized spacial score (nSPS) is 10.3. The number of nitrogens with one attached hydrogen (secondary N) is 2. The first-order valence-electron chi connectivity index (χ1n) is 9.23. The summed E-state index contributed by atoms with van der Waals surface area (Å²) in [5.41, 5.74) is 2.47. The van der Waals surface area contributed by atoms with Crippen molar-refractivity contribution < 1.29 is 14.3 Å². The van der Waals surface area contributed by atoms with Crippen molar-refractivity contribution in [1.82, 2.24) is 9.97 Å². The van der Waals surface area contributed by atoms with Gasteiger partial charge in [-0.25, -0.2) is 14.8 Å². The molecule has 1 heterocycles. The van der Waals surface area contributed by atoms with Crippen molar-refractivity contribution >= 4 is 34.8 Å². The Bertz CT molecular complexity index is 1030. The molecule has 0 atom stereocenters. The van der Waals surface area contributed by atoms with E-state index in [1.165, 1.54) is 6.92 Å². The molecule has 0 saturated carbocycles. The van der Waals surface area contributed by atoms with Gasteiger partial charge in [-0.3, -0.25) is 4.79 Å². The fourth-order valence-electron chi connectivity index (χ4n) is 2.75. The van der Waals surface area contributed by atoms with E-state index >= 15 is 0 Å². The number of ketones is 1. The molecule has 0 aliphatic carbocycles. The average Bonchev–Trinajstić information content (AvgIpc) is 2.68. The SMILES string of the molecule is CCOC(=O)c1ccccc1Nc1cc(Nc2ccc(C(C)=O)cc2)nc(C)n1. The maximum absolute atomic E-state index is 12.2. The van der Waals surface area contributed by atoms with E-state index in [1.807, 2.05) is 18.2 Å². The third-order valence-corrected chi connectivity index (χ3v) is 4.09. The van der Waals surface area contributed by atoms with Crippen LogP contribution in [0.5, 0.6) is 0 Å². The summed E-state index contributed by atoms with van der Waals surface area (Å²) in [4.78, 5) is 32.4. The van der Waals surface area contributed by atoms with Crippen LogP contribution in [0, 0.1) is 6.92 Å². The highest BCUT2D eigenvalue weighted by Gasteiger charge is 2.13. The number of nitrogens with zero attached hydrogens (tertiary/aromatic N) is 2. The van der Waals surface area contributed by atoms with Crippen LogP contribution in [0.4, 0.5) is 23.0 Å². The second kappa shape index (κ2) is 8.97. The van der Waals surface area contributed by atoms with Crippen molar-refractivity contribution in [3.05, 3.63) is 71.5 Å². The molecule has 3 aromatic rings. The number of para-hydroxylation sites is 1. The number of hydrogen-bond donors (Lipinski definition) is 2. The molecule has 0 amide bonds. The molecule has 0 radical (unpaired) electrons. The van der Waals surface area contributed by atoms with Crippen LogP contribution in [0.2, 0.25) is 0 Å². The highest BCUT2D eigenvalue weighted by atomic mass is 16.5. The zero-order valence-corrected chi connectivity index (χ0v) is 16.5. The van der Waals surface area contributed by atoms with Gasteiger partial charge in [0, 0.05) is 17.3 Å². The second-order valence-corrected chi connectivity index (χ2v) is 6.34. The molecule has 0 aliphatic rings. The zero-order chi connectivity index (χ0) is 20.8. The van der Waals surface area contributed by atoms with Gasteiger partial charge in [0.05, 0.1) is 17.9 Å². The molecule has 2 aromatic carbocycles. The van der Waals surface area contributed by atoms with Crippen LogP contribution in [0.3, 0.4) is 0 Å². The molecular weight excluding hydrogens is 368 g/mol. The van der Waals surface area contributed by atoms with Crippen LogP contribution in [0.15, 0.2) is 54.6 Å². The predicted octanol–water partition coefficient (Wildman–Crippen LogP) is 4.65. The van der Waals surface area contributed by atoms with Gasteiger partial charge in [-0.2, -0.15) is 0 Å². The average molecular weight is 390 g/mol. The van der Waals surface area contributed by atoms with Gasteiger partial charge in [0.2, 0.25) is 0 Å². The lowest BCUT2D eigenvalue weighted by Gasteiger charge is -2.13. The molecule has 7 heteroatoms. The number of Topliss-reactive ketones (excluding diaryl/α,β-unsaturated/α-hetero) is 1. The van der Waals surface area contributed by atoms with Crippen LogP contribution < -0.4 is 10.6 Å². The summed E-state index contributed by atoms with van der Waals surface area (Å²) < 4.78 is 5.11. The Hall–Kier alpha value is -3.74. The molecule has 1 aromatic heterocycles. The van der Waals surface area contributed by atoms with E-state index in [0.29, 0.717) is 40.9 Å². The van der Waals surface area contributed by atoms with E-state index < -0.39 is 5.97 Å². The van der Waals surface area contributed by atoms with Gasteiger partial charge in [0.1, 0.15) is 17.5 Å². The number of esters is 1. The highest BCUT2D eigenvalue weighted by Crippen LogP contribution is 2.23. The Balaban J connectivity index is 1.83. The Morgan fingerprint density at radius 1 is 0.966 bits per heavy atom. The number of aryl methyl sites for hydroxylation is 1. The van der Waals surface area contributed by atoms with Gasteiger partial charge in [-0.05, 0) is 57.2 Å². The maximum Gasteiger partial charge on any atom is 0.340 e. The Morgan fingerprint density at radius 3 is 2.28 bits per heavy atom. The first kappa shape index (κ1) is 20.0. The van der Waals surface area contributed by atoms with Crippen molar-refractivity contribution in [2.75, 3.05) is 17.2 Å². The van der Waals surface area contributed by atoms with Gasteiger partial charge in [-0.1, -0.05) is 12.1 Å². The molecule has 7 nitrogen and oxygen atoms in total. The summed E-state index contributed by atoms with van der Waals surface area (Å²) in [6, 6.07) is 16.0. The van der Waals surface area contributed by atoms with Gasteiger partial charge >= 0.3 is 5.97 Å². The second-order valence-electron chi connectivity index (χ2n) is 6.34. The first-order chi connectivity index (χ1) is 14.0. The molecule has 29 heavy (non-hydrogen) atoms. The van der Waals surface area contributed by atoms with Crippen LogP contribution in [0.25, 0.3) is 0 Å². The monoisotopic (exact) mass is 390 g/mol. The number of carbonyl (C=O) groups excluding carboxylic acids is 2. The third-order valence-electron chi connectivity index (χ3n) is 4.09. The Labute approximate surface area is 169 Å². The molecule has 0 bridgehead atoms. The fraction of sp³-hybridized carbons (Fsp3) is 0.182. The minimum absolute atomic E-state index is 0.0150. The number of aromatic nitrogens is 2. The van der Waals surface area contributed by atoms with Crippen LogP contribution >= 0.6 is 0 Å². The smallest absolute Gasteiger partial charge is 0.340 e. The lowest BCUT2D eigenvalue weighted by atomic mass is 10.1. The number of ether oxygens (including phenoxy) is 1. The largest absolute Gasteiger partial charge is 0.462 e. The molecule has 148 valence electrons. The summed E-state index contributed by atoms with van der Waals surface area (Å²) in [5.74, 6) is 1.30. The van der Waals surface area contributed by atoms with Gasteiger partial charge in [-0.15, -0.1) is 0 Å². The molecule has 0 unspecified atom stereocenters. The van der Waals surface area contributed by atoms with Crippen molar-refractivity contribution in [3.8, 4) is 0 Å². The van der Waals surface area contributed by atoms with Crippen molar-refractivity contribution in [2.45, 2.75) is 20.8 Å². The number of benzene rings is 2. The minimum atomic E-state index is -0.398. The van der Waals surface area contributed by atoms with Crippen LogP contribution in [-0.4, -0.2) is 28.3 Å². The molecule has 3 rings (SSSR count). The number of anilines is 4. The van der Waals surface area contributed by atoms with E-state index in [2.05, 4.69) is 20.6 Å². The molecule has 2 N–H and O–H groups in total. The quantitative estimate of drug-likeness (QED) is 0.448. The minimum Gasteiger partial charge on any atom is -0.462 e. The maximum atomic E-state index is 12.2. The summed E-state index contributed by atoms with van der Waals surface area (Å²) in [6.45, 7) is 5.38. The summed E-state index contributed by atoms with van der Waals surface area (Å²) in [5, 5.41) is 6.37. The standard InChI is InChI=1S/C22H22N4O3/c1-4-29-22(28)18-7-5-6-8-19(18)26-21-13-20(23-15(3)24-21)25-17-11-9-16(10-12-17)14(2)27/h5-13H,4H2,1-3H3,(H2,23,24,25,26). The number of hydrogen-bond acceptors (Lipinski definition) is 7. The predicted molar refractivity (Wildman–Crippen MR) is 112 cm³/mol. The summed E-state index contributed by atoms with van der Waals surface area (Å²) >= 11 is 0. The van der Waals surface area contributed by atoms with Crippen molar-refractivity contribution in [3.63, 3.8) is 0 Å². The number of carbonyl (C=O) groups is 2. The fourth-order valence-corrected chi connectivity index (χ4v) is 2.75. The van der Waals surface area contributed by atoms with Gasteiger partial charge in [0.15, 0.2) is 5.78 Å². The number of rotatable bonds is 7. The Morgan fingerprint density at radius 2 is 1.62 bits per heavy atom. The lowest BCUT2D eigenvalue weighted by Crippen LogP contribution is -2.09. The molecular formula is C22H22N4O3. The van der Waals surface area contributed by atoms with E-state index in [9.17, 15) is 9.59 Å². The third kappa shape index (κ3) is 5.16. The van der Waals surface area contributed by atoms with Crippen LogP contribution in [0.1, 0.15) is 40.4 Å². The van der Waals surface area contributed by atoms with E-state index in [0.717, 1.165) is 5.69 Å².